The zero-order valence-electron chi connectivity index (χ0n) is 11.4. The number of urea groups is 1. The first-order chi connectivity index (χ1) is 9.50. The lowest BCUT2D eigenvalue weighted by atomic mass is 10.0. The zero-order valence-corrected chi connectivity index (χ0v) is 11.4. The van der Waals surface area contributed by atoms with Crippen molar-refractivity contribution in [3.63, 3.8) is 0 Å². The minimum Gasteiger partial charge on any atom is -0.481 e. The van der Waals surface area contributed by atoms with Crippen LogP contribution in [-0.4, -0.2) is 58.5 Å². The van der Waals surface area contributed by atoms with Crippen LogP contribution < -0.4 is 5.32 Å². The van der Waals surface area contributed by atoms with Crippen molar-refractivity contribution < 1.29 is 19.4 Å². The lowest BCUT2D eigenvalue weighted by Crippen LogP contribution is -2.48. The number of nitrogens with one attached hydrogen (secondary N) is 2. The monoisotopic (exact) mass is 282 g/mol. The summed E-state index contributed by atoms with van der Waals surface area (Å²) in [6.07, 6.45) is 3.33. The van der Waals surface area contributed by atoms with Gasteiger partial charge in [0.15, 0.2) is 0 Å². The first-order valence-electron chi connectivity index (χ1n) is 6.33. The SMILES string of the molecule is CC(NC(=O)N(C)C1COCC1C(=O)O)c1cn[nH]c1. The molecule has 0 aliphatic carbocycles. The molecule has 0 spiro atoms. The number of rotatable bonds is 4. The highest BCUT2D eigenvalue weighted by Crippen LogP contribution is 2.19. The minimum atomic E-state index is -0.949. The molecule has 3 unspecified atom stereocenters. The summed E-state index contributed by atoms with van der Waals surface area (Å²) in [4.78, 5) is 24.6. The molecule has 1 aliphatic heterocycles. The van der Waals surface area contributed by atoms with Crippen LogP contribution in [0.5, 0.6) is 0 Å². The van der Waals surface area contributed by atoms with Gasteiger partial charge in [0.2, 0.25) is 0 Å². The molecule has 1 aliphatic rings. The van der Waals surface area contributed by atoms with E-state index in [2.05, 4.69) is 15.5 Å². The molecule has 3 atom stereocenters. The average molecular weight is 282 g/mol. The molecule has 3 N–H and O–H groups in total. The molecular weight excluding hydrogens is 264 g/mol. The van der Waals surface area contributed by atoms with E-state index in [4.69, 9.17) is 9.84 Å². The fourth-order valence-electron chi connectivity index (χ4n) is 2.18. The molecule has 110 valence electrons. The van der Waals surface area contributed by atoms with Crippen LogP contribution in [0.15, 0.2) is 12.4 Å². The van der Waals surface area contributed by atoms with Gasteiger partial charge in [-0.2, -0.15) is 5.10 Å². The van der Waals surface area contributed by atoms with E-state index >= 15 is 0 Å². The van der Waals surface area contributed by atoms with Gasteiger partial charge in [0.05, 0.1) is 31.5 Å². The van der Waals surface area contributed by atoms with Crippen molar-refractivity contribution in [1.82, 2.24) is 20.4 Å². The number of aliphatic carboxylic acids is 1. The Morgan fingerprint density at radius 2 is 2.35 bits per heavy atom. The highest BCUT2D eigenvalue weighted by Gasteiger charge is 2.38. The Morgan fingerprint density at radius 1 is 1.60 bits per heavy atom. The molecule has 1 aromatic heterocycles. The molecule has 2 heterocycles. The molecule has 0 bridgehead atoms. The maximum Gasteiger partial charge on any atom is 0.317 e. The van der Waals surface area contributed by atoms with E-state index in [1.54, 1.807) is 19.4 Å². The molecule has 0 radical (unpaired) electrons. The fourth-order valence-corrected chi connectivity index (χ4v) is 2.18. The molecular formula is C12H18N4O4. The molecule has 2 rings (SSSR count). The predicted octanol–water partition coefficient (Wildman–Crippen LogP) is 0.212. The lowest BCUT2D eigenvalue weighted by Gasteiger charge is -2.27. The summed E-state index contributed by atoms with van der Waals surface area (Å²) in [5, 5.41) is 18.4. The summed E-state index contributed by atoms with van der Waals surface area (Å²) >= 11 is 0. The number of hydrogen-bond donors (Lipinski definition) is 3. The number of aromatic amines is 1. The topological polar surface area (TPSA) is 108 Å². The number of nitrogens with zero attached hydrogens (tertiary/aromatic N) is 2. The molecule has 20 heavy (non-hydrogen) atoms. The number of hydrogen-bond acceptors (Lipinski definition) is 4. The van der Waals surface area contributed by atoms with Gasteiger partial charge in [-0.1, -0.05) is 0 Å². The Balaban J connectivity index is 1.96. The molecule has 1 fully saturated rings. The van der Waals surface area contributed by atoms with Crippen LogP contribution in [0.3, 0.4) is 0 Å². The van der Waals surface area contributed by atoms with Gasteiger partial charge in [-0.3, -0.25) is 9.89 Å². The van der Waals surface area contributed by atoms with E-state index in [0.717, 1.165) is 5.56 Å². The van der Waals surface area contributed by atoms with E-state index in [1.807, 2.05) is 6.92 Å². The lowest BCUT2D eigenvalue weighted by molar-refractivity contribution is -0.142. The quantitative estimate of drug-likeness (QED) is 0.731. The maximum atomic E-state index is 12.1. The first-order valence-corrected chi connectivity index (χ1v) is 6.33. The third kappa shape index (κ3) is 2.90. The second-order valence-corrected chi connectivity index (χ2v) is 4.86. The third-order valence-electron chi connectivity index (χ3n) is 3.54. The normalized spacial score (nSPS) is 23.3. The fraction of sp³-hybridized carbons (Fsp3) is 0.583. The van der Waals surface area contributed by atoms with Crippen LogP contribution >= 0.6 is 0 Å². The predicted molar refractivity (Wildman–Crippen MR) is 69.0 cm³/mol. The average Bonchev–Trinajstić information content (AvgIpc) is 3.08. The summed E-state index contributed by atoms with van der Waals surface area (Å²) in [6.45, 7) is 2.20. The number of H-pyrrole nitrogens is 1. The van der Waals surface area contributed by atoms with Gasteiger partial charge < -0.3 is 20.1 Å². The van der Waals surface area contributed by atoms with E-state index in [0.29, 0.717) is 0 Å². The summed E-state index contributed by atoms with van der Waals surface area (Å²) in [5.41, 5.74) is 0.851. The number of amides is 2. The summed E-state index contributed by atoms with van der Waals surface area (Å²) < 4.78 is 5.16. The second kappa shape index (κ2) is 5.91. The largest absolute Gasteiger partial charge is 0.481 e. The van der Waals surface area contributed by atoms with E-state index in [9.17, 15) is 9.59 Å². The van der Waals surface area contributed by atoms with E-state index in [1.165, 1.54) is 4.90 Å². The Kier molecular flexibility index (Phi) is 4.23. The van der Waals surface area contributed by atoms with Crippen LogP contribution in [0.2, 0.25) is 0 Å². The van der Waals surface area contributed by atoms with E-state index < -0.39 is 17.9 Å². The van der Waals surface area contributed by atoms with Crippen molar-refractivity contribution in [3.8, 4) is 0 Å². The van der Waals surface area contributed by atoms with E-state index in [-0.39, 0.29) is 25.3 Å². The van der Waals surface area contributed by atoms with Crippen LogP contribution in [0.4, 0.5) is 4.79 Å². The van der Waals surface area contributed by atoms with Crippen LogP contribution in [-0.2, 0) is 9.53 Å². The highest BCUT2D eigenvalue weighted by molar-refractivity contribution is 5.77. The maximum absolute atomic E-state index is 12.1. The van der Waals surface area contributed by atoms with Crippen molar-refractivity contribution in [3.05, 3.63) is 18.0 Å². The van der Waals surface area contributed by atoms with Crippen molar-refractivity contribution in [2.45, 2.75) is 19.0 Å². The van der Waals surface area contributed by atoms with Crippen molar-refractivity contribution >= 4 is 12.0 Å². The number of carbonyl (C=O) groups excluding carboxylic acids is 1. The van der Waals surface area contributed by atoms with Gasteiger partial charge in [0.1, 0.15) is 5.92 Å². The van der Waals surface area contributed by atoms with Gasteiger partial charge in [-0.15, -0.1) is 0 Å². The number of ether oxygens (including phenoxy) is 1. The molecule has 1 aromatic rings. The molecule has 8 nitrogen and oxygen atoms in total. The summed E-state index contributed by atoms with van der Waals surface area (Å²) in [5.74, 6) is -1.63. The minimum absolute atomic E-state index is 0.134. The highest BCUT2D eigenvalue weighted by atomic mass is 16.5. The summed E-state index contributed by atoms with van der Waals surface area (Å²) in [6, 6.07) is -1.00. The number of likely N-dealkylation sites (N-methyl/N-ethyl adjacent to an activating group) is 1. The van der Waals surface area contributed by atoms with Crippen molar-refractivity contribution in [2.75, 3.05) is 20.3 Å². The van der Waals surface area contributed by atoms with Gasteiger partial charge in [0, 0.05) is 18.8 Å². The van der Waals surface area contributed by atoms with Gasteiger partial charge in [0.25, 0.3) is 0 Å². The number of aromatic nitrogens is 2. The molecule has 0 aromatic carbocycles. The van der Waals surface area contributed by atoms with Crippen LogP contribution in [0, 0.1) is 5.92 Å². The van der Waals surface area contributed by atoms with Gasteiger partial charge in [-0.05, 0) is 6.92 Å². The molecule has 1 saturated heterocycles. The Hall–Kier alpha value is -2.09. The Bertz CT molecular complexity index is 476. The summed E-state index contributed by atoms with van der Waals surface area (Å²) in [7, 11) is 1.58. The van der Waals surface area contributed by atoms with Crippen LogP contribution in [0.25, 0.3) is 0 Å². The standard InChI is InChI=1S/C12H18N4O4/c1-7(8-3-13-14-4-8)15-12(19)16(2)10-6-20-5-9(10)11(17)18/h3-4,7,9-10H,5-6H2,1-2H3,(H,13,14)(H,15,19)(H,17,18). The third-order valence-corrected chi connectivity index (χ3v) is 3.54. The first kappa shape index (κ1) is 14.3. The molecule has 2 amide bonds. The molecule has 8 heteroatoms. The number of carboxylic acid groups (broad SMARTS) is 1. The van der Waals surface area contributed by atoms with Crippen molar-refractivity contribution in [1.29, 1.82) is 0 Å². The van der Waals surface area contributed by atoms with Crippen LogP contribution in [0.1, 0.15) is 18.5 Å². The zero-order chi connectivity index (χ0) is 14.7. The smallest absolute Gasteiger partial charge is 0.317 e. The Labute approximate surface area is 116 Å². The van der Waals surface area contributed by atoms with Gasteiger partial charge in [-0.25, -0.2) is 4.79 Å². The molecule has 0 saturated carbocycles. The number of carbonyl (C=O) groups is 2. The second-order valence-electron chi connectivity index (χ2n) is 4.86. The van der Waals surface area contributed by atoms with Gasteiger partial charge >= 0.3 is 12.0 Å². The Morgan fingerprint density at radius 3 is 2.95 bits per heavy atom. The number of carboxylic acids is 1. The van der Waals surface area contributed by atoms with Crippen molar-refractivity contribution in [2.24, 2.45) is 5.92 Å².